The van der Waals surface area contributed by atoms with Crippen LogP contribution in [-0.4, -0.2) is 51.5 Å². The molecule has 16 heteroatoms. The molecular formula is C53H49Cl2N11O3. The Hall–Kier alpha value is -7.91. The molecular weight excluding hydrogens is 910 g/mol. The molecule has 1 amide bonds. The number of nitrogens with zero attached hydrogens (tertiary/aromatic N) is 7. The van der Waals surface area contributed by atoms with E-state index in [1.165, 1.54) is 16.7 Å². The van der Waals surface area contributed by atoms with Crippen LogP contribution in [0.4, 0.5) is 11.5 Å². The van der Waals surface area contributed by atoms with Gasteiger partial charge in [-0.2, -0.15) is 10.2 Å². The summed E-state index contributed by atoms with van der Waals surface area (Å²) in [5.74, 6) is -0.791. The van der Waals surface area contributed by atoms with Crippen LogP contribution in [0.15, 0.2) is 128 Å². The highest BCUT2D eigenvalue weighted by atomic mass is 35.5. The first kappa shape index (κ1) is 47.6. The number of carboxylic acid groups (broad SMARTS) is 1. The fourth-order valence-electron chi connectivity index (χ4n) is 8.43. The summed E-state index contributed by atoms with van der Waals surface area (Å²) in [6.45, 7) is 9.84. The van der Waals surface area contributed by atoms with E-state index in [1.807, 2.05) is 142 Å². The number of amides is 1. The number of aryl methyl sites for hydroxylation is 4. The number of rotatable bonds is 9. The van der Waals surface area contributed by atoms with Gasteiger partial charge in [-0.1, -0.05) is 71.7 Å². The molecule has 348 valence electrons. The van der Waals surface area contributed by atoms with Crippen molar-refractivity contribution in [3.63, 3.8) is 0 Å². The van der Waals surface area contributed by atoms with E-state index in [0.717, 1.165) is 71.9 Å². The summed E-state index contributed by atoms with van der Waals surface area (Å²) in [6, 6.07) is 36.4. The number of nitrogens with one attached hydrogen (secondary N) is 1. The number of aromatic nitrogens is 7. The molecule has 10 rings (SSSR count). The number of halogens is 2. The van der Waals surface area contributed by atoms with Crippen LogP contribution >= 0.6 is 23.2 Å². The Labute approximate surface area is 407 Å². The van der Waals surface area contributed by atoms with Crippen molar-refractivity contribution < 1.29 is 14.7 Å². The van der Waals surface area contributed by atoms with Crippen molar-refractivity contribution in [1.29, 1.82) is 0 Å². The van der Waals surface area contributed by atoms with Crippen LogP contribution in [0.2, 0.25) is 10.0 Å². The number of nitrogens with two attached hydrogens (primary N) is 3. The lowest BCUT2D eigenvalue weighted by Gasteiger charge is -2.11. The van der Waals surface area contributed by atoms with Gasteiger partial charge in [0, 0.05) is 58.4 Å². The molecule has 0 fully saturated rings. The van der Waals surface area contributed by atoms with Crippen LogP contribution in [0.3, 0.4) is 0 Å². The summed E-state index contributed by atoms with van der Waals surface area (Å²) < 4.78 is 3.56. The van der Waals surface area contributed by atoms with E-state index in [9.17, 15) is 14.7 Å². The highest BCUT2D eigenvalue weighted by molar-refractivity contribution is 6.31. The maximum absolute atomic E-state index is 13.1. The number of benzene rings is 5. The lowest BCUT2D eigenvalue weighted by molar-refractivity contribution is 0.0691. The number of carboxylic acids is 1. The summed E-state index contributed by atoms with van der Waals surface area (Å²) >= 11 is 12.1. The number of carbonyl (C=O) groups is 2. The van der Waals surface area contributed by atoms with E-state index in [-0.39, 0.29) is 11.6 Å². The summed E-state index contributed by atoms with van der Waals surface area (Å²) in [4.78, 5) is 37.5. The van der Waals surface area contributed by atoms with E-state index in [0.29, 0.717) is 53.1 Å². The molecule has 0 radical (unpaired) electrons. The molecule has 14 nitrogen and oxygen atoms in total. The van der Waals surface area contributed by atoms with E-state index >= 15 is 0 Å². The van der Waals surface area contributed by atoms with Gasteiger partial charge >= 0.3 is 5.97 Å². The minimum Gasteiger partial charge on any atom is -0.476 e. The van der Waals surface area contributed by atoms with E-state index in [1.54, 1.807) is 23.1 Å². The topological polar surface area (TPSA) is 219 Å². The molecule has 5 aromatic heterocycles. The number of hydrogen-bond donors (Lipinski definition) is 5. The Morgan fingerprint density at radius 1 is 0.638 bits per heavy atom. The monoisotopic (exact) mass is 957 g/mol. The fourth-order valence-corrected chi connectivity index (χ4v) is 8.76. The number of anilines is 2. The fraction of sp³-hybridized carbons (Fsp3) is 0.151. The molecule has 0 atom stereocenters. The predicted octanol–water partition coefficient (Wildman–Crippen LogP) is 10.1. The van der Waals surface area contributed by atoms with Gasteiger partial charge in [0.15, 0.2) is 11.4 Å². The van der Waals surface area contributed by atoms with E-state index in [4.69, 9.17) is 40.4 Å². The summed E-state index contributed by atoms with van der Waals surface area (Å²) in [5.41, 5.74) is 30.1. The average Bonchev–Trinajstić information content (AvgIpc) is 3.87. The minimum atomic E-state index is -1.03. The minimum absolute atomic E-state index is 0.0658. The number of pyridine rings is 3. The first-order valence-corrected chi connectivity index (χ1v) is 22.7. The van der Waals surface area contributed by atoms with Gasteiger partial charge in [-0.05, 0) is 133 Å². The normalized spacial score (nSPS) is 11.1. The van der Waals surface area contributed by atoms with E-state index in [2.05, 4.69) is 30.5 Å². The summed E-state index contributed by atoms with van der Waals surface area (Å²) in [7, 11) is 0. The van der Waals surface area contributed by atoms with Crippen LogP contribution in [0.1, 0.15) is 65.6 Å². The zero-order chi connectivity index (χ0) is 48.9. The Kier molecular flexibility index (Phi) is 14.2. The van der Waals surface area contributed by atoms with Crippen molar-refractivity contribution >= 4 is 90.2 Å². The van der Waals surface area contributed by atoms with E-state index < -0.39 is 5.97 Å². The standard InChI is InChI=1S/C26H23ClN6O.C18H12ClN3O2.C9H14N2/c1-15-9-24(28)31-16(2)21(15)13-30-26(34)25-20-5-3-4-6-23(20)33(32-25)14-17-7-8-22-18(10-17)11-19(27)12-29-22;19-13-8-12-7-11(5-6-15(12)20-9-13)10-22-16-4-2-1-3-14(16)17(21-22)18(23)24;1-6-3-8(11)4-7(2)9(6)5-10/h3-12H,13-14H2,1-2H3,(H2,28,31)(H,30,34);1-9H,10H2,(H,23,24);3-4H,5,10-11H2,1-2H3. The molecule has 0 aliphatic heterocycles. The van der Waals surface area contributed by atoms with Gasteiger partial charge in [-0.3, -0.25) is 24.1 Å². The smallest absolute Gasteiger partial charge is 0.357 e. The average molecular weight is 959 g/mol. The largest absolute Gasteiger partial charge is 0.476 e. The second-order valence-corrected chi connectivity index (χ2v) is 17.5. The summed E-state index contributed by atoms with van der Waals surface area (Å²) in [6.07, 6.45) is 3.25. The van der Waals surface area contributed by atoms with Gasteiger partial charge in [0.05, 0.1) is 45.2 Å². The molecule has 0 saturated heterocycles. The van der Waals surface area contributed by atoms with Crippen molar-refractivity contribution in [2.45, 2.75) is 53.9 Å². The SMILES string of the molecule is Cc1cc(N)cc(C)c1CN.Cc1cc(N)nc(C)c1CNC(=O)c1nn(Cc2ccc3ncc(Cl)cc3c2)c2ccccc12.O=C(O)c1nn(Cc2ccc3ncc(Cl)cc3c2)c2ccccc12. The third-order valence-corrected chi connectivity index (χ3v) is 12.2. The Morgan fingerprint density at radius 3 is 1.64 bits per heavy atom. The van der Waals surface area contributed by atoms with Crippen molar-refractivity contribution in [3.05, 3.63) is 194 Å². The third kappa shape index (κ3) is 10.8. The quantitative estimate of drug-likeness (QED) is 0.0857. The van der Waals surface area contributed by atoms with Crippen LogP contribution < -0.4 is 22.5 Å². The maximum atomic E-state index is 13.1. The van der Waals surface area contributed by atoms with Crippen LogP contribution in [0, 0.1) is 27.7 Å². The first-order valence-electron chi connectivity index (χ1n) is 21.9. The highest BCUT2D eigenvalue weighted by Crippen LogP contribution is 2.25. The van der Waals surface area contributed by atoms with Crippen molar-refractivity contribution in [2.75, 3.05) is 11.5 Å². The molecule has 10 aromatic rings. The van der Waals surface area contributed by atoms with Gasteiger partial charge in [-0.25, -0.2) is 9.78 Å². The number of hydrogen-bond acceptors (Lipinski definition) is 10. The zero-order valence-corrected chi connectivity index (χ0v) is 39.8. The molecule has 0 aliphatic rings. The van der Waals surface area contributed by atoms with Gasteiger partial charge in [0.1, 0.15) is 5.82 Å². The molecule has 0 spiro atoms. The second kappa shape index (κ2) is 20.5. The second-order valence-electron chi connectivity index (χ2n) is 16.7. The molecule has 5 heterocycles. The van der Waals surface area contributed by atoms with Crippen LogP contribution in [0.5, 0.6) is 0 Å². The van der Waals surface area contributed by atoms with Gasteiger partial charge in [0.25, 0.3) is 5.91 Å². The molecule has 0 unspecified atom stereocenters. The number of fused-ring (bicyclic) bond motifs is 4. The molecule has 0 bridgehead atoms. The highest BCUT2D eigenvalue weighted by Gasteiger charge is 2.19. The molecule has 5 aromatic carbocycles. The molecule has 0 aliphatic carbocycles. The number of nitrogen functional groups attached to an aromatic ring is 2. The third-order valence-electron chi connectivity index (χ3n) is 11.7. The lowest BCUT2D eigenvalue weighted by atomic mass is 10.0. The summed E-state index contributed by atoms with van der Waals surface area (Å²) in [5, 5.41) is 25.8. The van der Waals surface area contributed by atoms with Crippen molar-refractivity contribution in [1.82, 2.24) is 39.8 Å². The molecule has 69 heavy (non-hydrogen) atoms. The molecule has 8 N–H and O–H groups in total. The molecule has 0 saturated carbocycles. The van der Waals surface area contributed by atoms with Crippen molar-refractivity contribution in [3.8, 4) is 0 Å². The Bertz CT molecular complexity index is 3520. The van der Waals surface area contributed by atoms with Gasteiger partial charge in [0.2, 0.25) is 0 Å². The van der Waals surface area contributed by atoms with Crippen LogP contribution in [0.25, 0.3) is 43.6 Å². The number of carbonyl (C=O) groups excluding carboxylic acids is 1. The number of para-hydroxylation sites is 2. The predicted molar refractivity (Wildman–Crippen MR) is 276 cm³/mol. The number of aromatic carboxylic acids is 1. The zero-order valence-electron chi connectivity index (χ0n) is 38.3. The van der Waals surface area contributed by atoms with Gasteiger partial charge < -0.3 is 27.6 Å². The maximum Gasteiger partial charge on any atom is 0.357 e. The Morgan fingerprint density at radius 2 is 1.13 bits per heavy atom. The first-order chi connectivity index (χ1) is 33.1. The Balaban J connectivity index is 0.000000158. The lowest BCUT2D eigenvalue weighted by Crippen LogP contribution is -2.25. The van der Waals surface area contributed by atoms with Crippen molar-refractivity contribution in [2.24, 2.45) is 5.73 Å². The van der Waals surface area contributed by atoms with Gasteiger partial charge in [-0.15, -0.1) is 0 Å². The van der Waals surface area contributed by atoms with Crippen LogP contribution in [-0.2, 0) is 26.2 Å².